The monoisotopic (exact) mass is 280 g/mol. The van der Waals surface area contributed by atoms with Crippen LogP contribution in [0.25, 0.3) is 10.9 Å². The largest absolute Gasteiger partial charge is 0.357 e. The molecule has 0 amide bonds. The lowest BCUT2D eigenvalue weighted by Crippen LogP contribution is -2.24. The molecule has 0 fully saturated rings. The molecule has 0 saturated heterocycles. The molecule has 0 radical (unpaired) electrons. The number of H-pyrrole nitrogens is 1. The predicted molar refractivity (Wildman–Crippen MR) is 85.1 cm³/mol. The lowest BCUT2D eigenvalue weighted by molar-refractivity contribution is -0.139. The zero-order chi connectivity index (χ0) is 14.7. The third kappa shape index (κ3) is 2.99. The molecular formula is C18H20N2O. The smallest absolute Gasteiger partial charge is 0.0750 e. The normalized spacial score (nSPS) is 12.9. The third-order valence-electron chi connectivity index (χ3n) is 3.84. The maximum atomic E-state index is 10.5. The molecule has 3 rings (SSSR count). The summed E-state index contributed by atoms with van der Waals surface area (Å²) in [7, 11) is 0. The van der Waals surface area contributed by atoms with Crippen LogP contribution in [0.3, 0.4) is 0 Å². The summed E-state index contributed by atoms with van der Waals surface area (Å²) in [6.45, 7) is 2.61. The van der Waals surface area contributed by atoms with E-state index in [0.29, 0.717) is 6.54 Å². The molecule has 3 aromatic rings. The predicted octanol–water partition coefficient (Wildman–Crippen LogP) is 4.51. The van der Waals surface area contributed by atoms with Gasteiger partial charge in [0, 0.05) is 17.8 Å². The maximum absolute atomic E-state index is 10.5. The number of nitrogens with one attached hydrogen (secondary N) is 1. The number of nitrogens with zero attached hydrogens (tertiary/aromatic N) is 1. The summed E-state index contributed by atoms with van der Waals surface area (Å²) in [6, 6.07) is 20.3. The van der Waals surface area contributed by atoms with Gasteiger partial charge in [-0.15, -0.1) is 0 Å². The highest BCUT2D eigenvalue weighted by Crippen LogP contribution is 2.27. The highest BCUT2D eigenvalue weighted by Gasteiger charge is 2.19. The van der Waals surface area contributed by atoms with Crippen molar-refractivity contribution in [3.8, 4) is 0 Å². The minimum absolute atomic E-state index is 0.0300. The van der Waals surface area contributed by atoms with Gasteiger partial charge in [0.05, 0.1) is 6.04 Å². The van der Waals surface area contributed by atoms with Crippen molar-refractivity contribution in [2.75, 3.05) is 0 Å². The van der Waals surface area contributed by atoms with Crippen LogP contribution in [-0.2, 0) is 6.54 Å². The molecular weight excluding hydrogens is 260 g/mol. The number of rotatable bonds is 5. The SMILES string of the molecule is CCC(c1cc2ccccc2[nH]1)N(O)Cc1ccccc1. The Balaban J connectivity index is 1.83. The molecule has 1 heterocycles. The second-order valence-electron chi connectivity index (χ2n) is 5.32. The first-order chi connectivity index (χ1) is 10.3. The van der Waals surface area contributed by atoms with Crippen molar-refractivity contribution in [3.63, 3.8) is 0 Å². The number of hydroxylamine groups is 2. The first-order valence-electron chi connectivity index (χ1n) is 7.35. The Morgan fingerprint density at radius 1 is 1.05 bits per heavy atom. The summed E-state index contributed by atoms with van der Waals surface area (Å²) in [4.78, 5) is 3.41. The van der Waals surface area contributed by atoms with Gasteiger partial charge in [-0.1, -0.05) is 55.5 Å². The van der Waals surface area contributed by atoms with Crippen LogP contribution in [0.4, 0.5) is 0 Å². The lowest BCUT2D eigenvalue weighted by Gasteiger charge is -2.24. The standard InChI is InChI=1S/C18H20N2O/c1-2-18(20(21)13-14-8-4-3-5-9-14)17-12-15-10-6-7-11-16(15)19-17/h3-12,18-19,21H,2,13H2,1H3. The molecule has 1 unspecified atom stereocenters. The molecule has 0 aliphatic rings. The van der Waals surface area contributed by atoms with Gasteiger partial charge < -0.3 is 10.2 Å². The highest BCUT2D eigenvalue weighted by atomic mass is 16.5. The number of benzene rings is 2. The maximum Gasteiger partial charge on any atom is 0.0750 e. The summed E-state index contributed by atoms with van der Waals surface area (Å²) in [5.41, 5.74) is 3.27. The summed E-state index contributed by atoms with van der Waals surface area (Å²) >= 11 is 0. The van der Waals surface area contributed by atoms with Gasteiger partial charge in [-0.05, 0) is 29.5 Å². The Hall–Kier alpha value is -2.10. The van der Waals surface area contributed by atoms with Crippen molar-refractivity contribution in [1.82, 2.24) is 10.0 Å². The second-order valence-corrected chi connectivity index (χ2v) is 5.32. The van der Waals surface area contributed by atoms with E-state index in [9.17, 15) is 5.21 Å². The van der Waals surface area contributed by atoms with Crippen molar-refractivity contribution >= 4 is 10.9 Å². The van der Waals surface area contributed by atoms with Crippen LogP contribution in [-0.4, -0.2) is 15.3 Å². The van der Waals surface area contributed by atoms with Crippen LogP contribution in [0.15, 0.2) is 60.7 Å². The van der Waals surface area contributed by atoms with E-state index in [1.54, 1.807) is 0 Å². The number of fused-ring (bicyclic) bond motifs is 1. The minimum Gasteiger partial charge on any atom is -0.357 e. The summed E-state index contributed by atoms with van der Waals surface area (Å²) in [6.07, 6.45) is 0.843. The number of hydrogen-bond donors (Lipinski definition) is 2. The lowest BCUT2D eigenvalue weighted by atomic mass is 10.1. The zero-order valence-corrected chi connectivity index (χ0v) is 12.2. The van der Waals surface area contributed by atoms with Gasteiger partial charge >= 0.3 is 0 Å². The molecule has 2 N–H and O–H groups in total. The fourth-order valence-electron chi connectivity index (χ4n) is 2.75. The van der Waals surface area contributed by atoms with Crippen molar-refractivity contribution in [1.29, 1.82) is 0 Å². The minimum atomic E-state index is -0.0300. The van der Waals surface area contributed by atoms with E-state index in [4.69, 9.17) is 0 Å². The number of aromatic nitrogens is 1. The summed E-state index contributed by atoms with van der Waals surface area (Å²) in [5.74, 6) is 0. The highest BCUT2D eigenvalue weighted by molar-refractivity contribution is 5.80. The first kappa shape index (κ1) is 13.9. The van der Waals surface area contributed by atoms with Gasteiger partial charge in [0.1, 0.15) is 0 Å². The molecule has 21 heavy (non-hydrogen) atoms. The average molecular weight is 280 g/mol. The van der Waals surface area contributed by atoms with Crippen LogP contribution in [0.5, 0.6) is 0 Å². The van der Waals surface area contributed by atoms with Crippen LogP contribution in [0, 0.1) is 0 Å². The Bertz CT molecular complexity index is 672. The fourth-order valence-corrected chi connectivity index (χ4v) is 2.75. The van der Waals surface area contributed by atoms with E-state index < -0.39 is 0 Å². The average Bonchev–Trinajstić information content (AvgIpc) is 2.92. The van der Waals surface area contributed by atoms with Gasteiger partial charge in [-0.3, -0.25) is 0 Å². The molecule has 0 aliphatic heterocycles. The van der Waals surface area contributed by atoms with E-state index in [0.717, 1.165) is 23.2 Å². The molecule has 108 valence electrons. The van der Waals surface area contributed by atoms with Crippen molar-refractivity contribution < 1.29 is 5.21 Å². The number of para-hydroxylation sites is 1. The Kier molecular flexibility index (Phi) is 4.04. The van der Waals surface area contributed by atoms with Crippen molar-refractivity contribution in [2.45, 2.75) is 25.9 Å². The molecule has 0 aliphatic carbocycles. The van der Waals surface area contributed by atoms with Crippen LogP contribution < -0.4 is 0 Å². The zero-order valence-electron chi connectivity index (χ0n) is 12.2. The molecule has 0 spiro atoms. The van der Waals surface area contributed by atoms with Gasteiger partial charge in [-0.2, -0.15) is 5.06 Å². The fraction of sp³-hybridized carbons (Fsp3) is 0.222. The molecule has 0 bridgehead atoms. The molecule has 3 nitrogen and oxygen atoms in total. The van der Waals surface area contributed by atoms with E-state index in [-0.39, 0.29) is 6.04 Å². The van der Waals surface area contributed by atoms with Crippen LogP contribution in [0.1, 0.15) is 30.6 Å². The summed E-state index contributed by atoms with van der Waals surface area (Å²) < 4.78 is 0. The first-order valence-corrected chi connectivity index (χ1v) is 7.35. The Labute approximate surface area is 124 Å². The van der Waals surface area contributed by atoms with Crippen LogP contribution >= 0.6 is 0 Å². The second kappa shape index (κ2) is 6.12. The molecule has 1 aromatic heterocycles. The van der Waals surface area contributed by atoms with E-state index >= 15 is 0 Å². The molecule has 0 saturated carbocycles. The van der Waals surface area contributed by atoms with Gasteiger partial charge in [0.2, 0.25) is 0 Å². The number of aromatic amines is 1. The van der Waals surface area contributed by atoms with Crippen molar-refractivity contribution in [3.05, 3.63) is 71.9 Å². The molecule has 3 heteroatoms. The molecule has 1 atom stereocenters. The van der Waals surface area contributed by atoms with E-state index in [1.807, 2.05) is 42.5 Å². The topological polar surface area (TPSA) is 39.3 Å². The Morgan fingerprint density at radius 2 is 1.76 bits per heavy atom. The third-order valence-corrected chi connectivity index (χ3v) is 3.84. The van der Waals surface area contributed by atoms with Gasteiger partial charge in [0.25, 0.3) is 0 Å². The van der Waals surface area contributed by atoms with E-state index in [2.05, 4.69) is 30.1 Å². The van der Waals surface area contributed by atoms with Gasteiger partial charge in [0.15, 0.2) is 0 Å². The van der Waals surface area contributed by atoms with Gasteiger partial charge in [-0.25, -0.2) is 0 Å². The van der Waals surface area contributed by atoms with Crippen LogP contribution in [0.2, 0.25) is 0 Å². The number of hydrogen-bond acceptors (Lipinski definition) is 2. The quantitative estimate of drug-likeness (QED) is 0.675. The van der Waals surface area contributed by atoms with Crippen molar-refractivity contribution in [2.24, 2.45) is 0 Å². The summed E-state index contributed by atoms with van der Waals surface area (Å²) in [5, 5.41) is 13.1. The van der Waals surface area contributed by atoms with E-state index in [1.165, 1.54) is 10.4 Å². The Morgan fingerprint density at radius 3 is 2.48 bits per heavy atom. The molecule has 2 aromatic carbocycles.